The Morgan fingerprint density at radius 3 is 2.36 bits per heavy atom. The van der Waals surface area contributed by atoms with Gasteiger partial charge in [0.15, 0.2) is 0 Å². The van der Waals surface area contributed by atoms with Crippen LogP contribution < -0.4 is 10.6 Å². The van der Waals surface area contributed by atoms with E-state index in [0.29, 0.717) is 5.56 Å². The van der Waals surface area contributed by atoms with Crippen molar-refractivity contribution in [2.45, 2.75) is 6.54 Å². The van der Waals surface area contributed by atoms with Crippen LogP contribution >= 0.6 is 11.6 Å². The smallest absolute Gasteiger partial charge is 0.254 e. The summed E-state index contributed by atoms with van der Waals surface area (Å²) in [7, 11) is 1.55. The topological polar surface area (TPSA) is 58.2 Å². The van der Waals surface area contributed by atoms with Gasteiger partial charge in [0.05, 0.1) is 5.56 Å². The van der Waals surface area contributed by atoms with Crippen molar-refractivity contribution in [1.29, 1.82) is 0 Å². The molecule has 2 aromatic rings. The van der Waals surface area contributed by atoms with Gasteiger partial charge in [-0.1, -0.05) is 23.7 Å². The van der Waals surface area contributed by atoms with Gasteiger partial charge in [-0.2, -0.15) is 0 Å². The highest BCUT2D eigenvalue weighted by Gasteiger charge is 2.11. The number of carbonyl (C=O) groups is 2. The van der Waals surface area contributed by atoms with Crippen LogP contribution in [0.3, 0.4) is 0 Å². The molecule has 0 unspecified atom stereocenters. The highest BCUT2D eigenvalue weighted by molar-refractivity contribution is 6.30. The Bertz CT molecular complexity index is 702. The number of rotatable bonds is 4. The van der Waals surface area contributed by atoms with E-state index in [0.717, 1.165) is 11.6 Å². The lowest BCUT2D eigenvalue weighted by Crippen LogP contribution is -2.24. The van der Waals surface area contributed by atoms with Crippen LogP contribution in [0.15, 0.2) is 42.5 Å². The number of hydrogen-bond acceptors (Lipinski definition) is 2. The molecule has 0 bridgehead atoms. The quantitative estimate of drug-likeness (QED) is 0.910. The van der Waals surface area contributed by atoms with E-state index in [9.17, 15) is 14.0 Å². The van der Waals surface area contributed by atoms with E-state index in [4.69, 9.17) is 11.6 Å². The van der Waals surface area contributed by atoms with Crippen molar-refractivity contribution in [3.05, 3.63) is 70.0 Å². The summed E-state index contributed by atoms with van der Waals surface area (Å²) in [6.07, 6.45) is 0. The molecule has 0 saturated heterocycles. The highest BCUT2D eigenvalue weighted by atomic mass is 35.5. The van der Waals surface area contributed by atoms with Gasteiger partial charge in [0.25, 0.3) is 11.8 Å². The van der Waals surface area contributed by atoms with E-state index in [-0.39, 0.29) is 23.0 Å². The lowest BCUT2D eigenvalue weighted by molar-refractivity contribution is 0.0942. The Morgan fingerprint density at radius 2 is 1.77 bits per heavy atom. The summed E-state index contributed by atoms with van der Waals surface area (Å²) in [4.78, 5) is 23.3. The molecule has 2 rings (SSSR count). The third-order valence-electron chi connectivity index (χ3n) is 3.07. The van der Waals surface area contributed by atoms with E-state index in [1.54, 1.807) is 31.3 Å². The van der Waals surface area contributed by atoms with Gasteiger partial charge >= 0.3 is 0 Å². The average molecular weight is 321 g/mol. The van der Waals surface area contributed by atoms with Gasteiger partial charge in [-0.15, -0.1) is 0 Å². The highest BCUT2D eigenvalue weighted by Crippen LogP contribution is 2.14. The second-order valence-electron chi connectivity index (χ2n) is 4.58. The fourth-order valence-corrected chi connectivity index (χ4v) is 2.03. The fraction of sp³-hybridized carbons (Fsp3) is 0.125. The summed E-state index contributed by atoms with van der Waals surface area (Å²) in [5, 5.41) is 5.37. The lowest BCUT2D eigenvalue weighted by Gasteiger charge is -2.07. The van der Waals surface area contributed by atoms with Crippen molar-refractivity contribution in [2.24, 2.45) is 0 Å². The predicted molar refractivity (Wildman–Crippen MR) is 82.4 cm³/mol. The summed E-state index contributed by atoms with van der Waals surface area (Å²) in [6, 6.07) is 10.6. The van der Waals surface area contributed by atoms with Gasteiger partial charge in [0, 0.05) is 24.2 Å². The van der Waals surface area contributed by atoms with E-state index < -0.39 is 11.7 Å². The Hall–Kier alpha value is -2.40. The van der Waals surface area contributed by atoms with Crippen LogP contribution in [0.4, 0.5) is 4.39 Å². The molecule has 0 aliphatic rings. The molecule has 0 heterocycles. The van der Waals surface area contributed by atoms with Gasteiger partial charge in [-0.25, -0.2) is 4.39 Å². The third-order valence-corrected chi connectivity index (χ3v) is 3.31. The lowest BCUT2D eigenvalue weighted by atomic mass is 10.1. The Morgan fingerprint density at radius 1 is 1.09 bits per heavy atom. The molecule has 0 fully saturated rings. The number of nitrogens with one attached hydrogen (secondary N) is 2. The number of halogens is 2. The molecule has 2 N–H and O–H groups in total. The van der Waals surface area contributed by atoms with Crippen molar-refractivity contribution in [1.82, 2.24) is 10.6 Å². The molecule has 2 amide bonds. The van der Waals surface area contributed by atoms with Crippen LogP contribution in [0.1, 0.15) is 26.3 Å². The molecule has 0 spiro atoms. The largest absolute Gasteiger partial charge is 0.355 e. The first-order valence-corrected chi connectivity index (χ1v) is 6.93. The summed E-state index contributed by atoms with van der Waals surface area (Å²) in [5.41, 5.74) is 1.27. The second kappa shape index (κ2) is 7.04. The van der Waals surface area contributed by atoms with Gasteiger partial charge in [-0.05, 0) is 35.9 Å². The molecule has 114 valence electrons. The zero-order valence-electron chi connectivity index (χ0n) is 11.8. The van der Waals surface area contributed by atoms with Crippen molar-refractivity contribution < 1.29 is 14.0 Å². The van der Waals surface area contributed by atoms with Gasteiger partial charge < -0.3 is 10.6 Å². The van der Waals surface area contributed by atoms with E-state index in [1.165, 1.54) is 12.1 Å². The zero-order valence-corrected chi connectivity index (χ0v) is 12.6. The summed E-state index contributed by atoms with van der Waals surface area (Å²) in [5.74, 6) is -1.37. The van der Waals surface area contributed by atoms with Crippen LogP contribution in [0.5, 0.6) is 0 Å². The van der Waals surface area contributed by atoms with Crippen LogP contribution in [0.25, 0.3) is 0 Å². The molecule has 0 saturated carbocycles. The Balaban J connectivity index is 2.00. The fourth-order valence-electron chi connectivity index (χ4n) is 1.87. The maximum Gasteiger partial charge on any atom is 0.254 e. The molecule has 0 atom stereocenters. The number of amides is 2. The van der Waals surface area contributed by atoms with E-state index in [2.05, 4.69) is 10.6 Å². The molecule has 2 aromatic carbocycles. The molecule has 22 heavy (non-hydrogen) atoms. The standard InChI is InChI=1S/C16H14ClFN2O2/c1-19-15(21)11-4-2-10(3-5-11)9-20-16(22)13-7-6-12(17)8-14(13)18/h2-8H,9H2,1H3,(H,19,21)(H,20,22). The maximum atomic E-state index is 13.6. The molecule has 6 heteroatoms. The van der Waals surface area contributed by atoms with Crippen molar-refractivity contribution >= 4 is 23.4 Å². The molecule has 0 radical (unpaired) electrons. The molecule has 0 aromatic heterocycles. The Labute approximate surface area is 132 Å². The van der Waals surface area contributed by atoms with Crippen LogP contribution in [0, 0.1) is 5.82 Å². The van der Waals surface area contributed by atoms with Crippen LogP contribution in [0.2, 0.25) is 5.02 Å². The summed E-state index contributed by atoms with van der Waals surface area (Å²) < 4.78 is 13.6. The minimum absolute atomic E-state index is 0.0635. The molecule has 4 nitrogen and oxygen atoms in total. The number of benzene rings is 2. The molecular formula is C16H14ClFN2O2. The summed E-state index contributed by atoms with van der Waals surface area (Å²) in [6.45, 7) is 0.231. The van der Waals surface area contributed by atoms with Gasteiger partial charge in [0.1, 0.15) is 5.82 Å². The summed E-state index contributed by atoms with van der Waals surface area (Å²) >= 11 is 5.64. The molecule has 0 aliphatic heterocycles. The molecule has 0 aliphatic carbocycles. The van der Waals surface area contributed by atoms with Crippen molar-refractivity contribution in [3.8, 4) is 0 Å². The monoisotopic (exact) mass is 320 g/mol. The first-order valence-electron chi connectivity index (χ1n) is 6.55. The second-order valence-corrected chi connectivity index (χ2v) is 5.02. The third kappa shape index (κ3) is 3.83. The van der Waals surface area contributed by atoms with Gasteiger partial charge in [-0.3, -0.25) is 9.59 Å². The average Bonchev–Trinajstić information content (AvgIpc) is 2.52. The van der Waals surface area contributed by atoms with Crippen molar-refractivity contribution in [2.75, 3.05) is 7.05 Å². The van der Waals surface area contributed by atoms with Crippen LogP contribution in [-0.2, 0) is 6.54 Å². The maximum absolute atomic E-state index is 13.6. The van der Waals surface area contributed by atoms with E-state index in [1.807, 2.05) is 0 Å². The minimum atomic E-state index is -0.667. The predicted octanol–water partition coefficient (Wildman–Crippen LogP) is 2.77. The first kappa shape index (κ1) is 16.0. The van der Waals surface area contributed by atoms with Crippen molar-refractivity contribution in [3.63, 3.8) is 0 Å². The first-order chi connectivity index (χ1) is 10.5. The number of hydrogen-bond donors (Lipinski definition) is 2. The van der Waals surface area contributed by atoms with E-state index >= 15 is 0 Å². The Kier molecular flexibility index (Phi) is 5.12. The minimum Gasteiger partial charge on any atom is -0.355 e. The SMILES string of the molecule is CNC(=O)c1ccc(CNC(=O)c2ccc(Cl)cc2F)cc1. The zero-order chi connectivity index (χ0) is 16.1. The van der Waals surface area contributed by atoms with Gasteiger partial charge in [0.2, 0.25) is 0 Å². The molecular weight excluding hydrogens is 307 g/mol. The number of carbonyl (C=O) groups excluding carboxylic acids is 2. The normalized spacial score (nSPS) is 10.1. The van der Waals surface area contributed by atoms with Crippen LogP contribution in [-0.4, -0.2) is 18.9 Å².